The average Bonchev–Trinajstić information content (AvgIpc) is 2.04. The van der Waals surface area contributed by atoms with E-state index in [1.54, 1.807) is 0 Å². The summed E-state index contributed by atoms with van der Waals surface area (Å²) >= 11 is 2.47. The molecule has 0 heterocycles. The van der Waals surface area contributed by atoms with E-state index in [4.69, 9.17) is 0 Å². The van der Waals surface area contributed by atoms with Gasteiger partial charge in [0, 0.05) is 0 Å². The highest BCUT2D eigenvalue weighted by Crippen LogP contribution is 2.23. The maximum Gasteiger partial charge on any atom is 0.0854 e. The van der Waals surface area contributed by atoms with Crippen LogP contribution >= 0.6 is 22.6 Å². The fourth-order valence-corrected chi connectivity index (χ4v) is 1.87. The second-order valence-electron chi connectivity index (χ2n) is 4.15. The summed E-state index contributed by atoms with van der Waals surface area (Å²) < 4.78 is 1.52. The Morgan fingerprint density at radius 3 is 2.15 bits per heavy atom. The molecule has 0 aliphatic rings. The summed E-state index contributed by atoms with van der Waals surface area (Å²) in [5.41, 5.74) is 1.31. The standard InChI is InChI=1S/C11H15ISi/c1-13(2,3)11(12)9-10-7-5-4-6-8-10/h4-9H,1-3H3/b11-9+. The van der Waals surface area contributed by atoms with Crippen LogP contribution in [0.4, 0.5) is 0 Å². The fourth-order valence-electron chi connectivity index (χ4n) is 0.912. The van der Waals surface area contributed by atoms with Gasteiger partial charge in [0.25, 0.3) is 0 Å². The summed E-state index contributed by atoms with van der Waals surface area (Å²) in [6, 6.07) is 10.5. The SMILES string of the molecule is C[Si](C)(C)/C(I)=C/c1ccccc1. The molecule has 1 aromatic carbocycles. The van der Waals surface area contributed by atoms with Gasteiger partial charge in [0.15, 0.2) is 0 Å². The van der Waals surface area contributed by atoms with Crippen molar-refractivity contribution in [3.63, 3.8) is 0 Å². The van der Waals surface area contributed by atoms with E-state index in [-0.39, 0.29) is 0 Å². The van der Waals surface area contributed by atoms with Crippen LogP contribution in [0.25, 0.3) is 6.08 Å². The molecule has 0 aromatic heterocycles. The molecule has 0 atom stereocenters. The van der Waals surface area contributed by atoms with Crippen LogP contribution < -0.4 is 0 Å². The lowest BCUT2D eigenvalue weighted by molar-refractivity contribution is 1.66. The van der Waals surface area contributed by atoms with E-state index < -0.39 is 8.07 Å². The predicted molar refractivity (Wildman–Crippen MR) is 71.8 cm³/mol. The maximum absolute atomic E-state index is 2.47. The van der Waals surface area contributed by atoms with E-state index in [1.807, 2.05) is 0 Å². The fraction of sp³-hybridized carbons (Fsp3) is 0.273. The third-order valence-corrected chi connectivity index (χ3v) is 8.55. The Kier molecular flexibility index (Phi) is 3.73. The molecule has 70 valence electrons. The van der Waals surface area contributed by atoms with Gasteiger partial charge >= 0.3 is 0 Å². The normalized spacial score (nSPS) is 13.1. The topological polar surface area (TPSA) is 0 Å². The molecule has 0 aliphatic heterocycles. The Morgan fingerprint density at radius 2 is 1.69 bits per heavy atom. The first kappa shape index (κ1) is 11.0. The molecule has 1 aromatic rings. The van der Waals surface area contributed by atoms with Crippen molar-refractivity contribution in [2.75, 3.05) is 0 Å². The molecule has 0 saturated heterocycles. The van der Waals surface area contributed by atoms with Gasteiger partial charge in [-0.15, -0.1) is 0 Å². The first-order valence-electron chi connectivity index (χ1n) is 4.43. The molecular weight excluding hydrogens is 287 g/mol. The molecular formula is C11H15ISi. The Morgan fingerprint density at radius 1 is 1.15 bits per heavy atom. The highest BCUT2D eigenvalue weighted by Gasteiger charge is 2.16. The van der Waals surface area contributed by atoms with Crippen molar-refractivity contribution < 1.29 is 0 Å². The van der Waals surface area contributed by atoms with Gasteiger partial charge in [-0.2, -0.15) is 0 Å². The summed E-state index contributed by atoms with van der Waals surface area (Å²) in [5.74, 6) is 0. The maximum atomic E-state index is 2.47. The van der Waals surface area contributed by atoms with Crippen LogP contribution in [0.3, 0.4) is 0 Å². The molecule has 0 nitrogen and oxygen atoms in total. The van der Waals surface area contributed by atoms with Crippen molar-refractivity contribution in [2.45, 2.75) is 19.6 Å². The van der Waals surface area contributed by atoms with Crippen LogP contribution in [0, 0.1) is 0 Å². The average molecular weight is 302 g/mol. The van der Waals surface area contributed by atoms with Crippen molar-refractivity contribution in [1.82, 2.24) is 0 Å². The first-order chi connectivity index (χ1) is 6.00. The lowest BCUT2D eigenvalue weighted by Gasteiger charge is -2.14. The lowest BCUT2D eigenvalue weighted by atomic mass is 10.2. The minimum Gasteiger partial charge on any atom is -0.0652 e. The van der Waals surface area contributed by atoms with Crippen molar-refractivity contribution >= 4 is 36.7 Å². The molecule has 0 radical (unpaired) electrons. The second-order valence-corrected chi connectivity index (χ2v) is 11.4. The van der Waals surface area contributed by atoms with Gasteiger partial charge in [-0.1, -0.05) is 72.6 Å². The van der Waals surface area contributed by atoms with Crippen LogP contribution in [-0.4, -0.2) is 8.07 Å². The molecule has 0 unspecified atom stereocenters. The summed E-state index contributed by atoms with van der Waals surface area (Å²) in [7, 11) is -1.10. The van der Waals surface area contributed by atoms with E-state index in [1.165, 1.54) is 8.77 Å². The largest absolute Gasteiger partial charge is 0.0854 e. The molecule has 13 heavy (non-hydrogen) atoms. The Labute approximate surface area is 95.2 Å². The van der Waals surface area contributed by atoms with E-state index in [0.717, 1.165) is 0 Å². The van der Waals surface area contributed by atoms with Crippen molar-refractivity contribution in [2.24, 2.45) is 0 Å². The first-order valence-corrected chi connectivity index (χ1v) is 9.01. The molecule has 2 heteroatoms. The van der Waals surface area contributed by atoms with Crippen LogP contribution in [0.15, 0.2) is 33.5 Å². The Balaban J connectivity index is 2.90. The highest BCUT2D eigenvalue weighted by atomic mass is 127. The predicted octanol–water partition coefficient (Wildman–Crippen LogP) is 4.34. The summed E-state index contributed by atoms with van der Waals surface area (Å²) in [6.07, 6.45) is 2.30. The number of halogens is 1. The van der Waals surface area contributed by atoms with Crippen molar-refractivity contribution in [3.8, 4) is 0 Å². The smallest absolute Gasteiger partial charge is 0.0652 e. The molecule has 0 saturated carbocycles. The molecule has 0 N–H and O–H groups in total. The number of rotatable bonds is 2. The van der Waals surface area contributed by atoms with Crippen LogP contribution in [0.2, 0.25) is 19.6 Å². The van der Waals surface area contributed by atoms with Crippen molar-refractivity contribution in [1.29, 1.82) is 0 Å². The zero-order valence-corrected chi connectivity index (χ0v) is 11.5. The van der Waals surface area contributed by atoms with Gasteiger partial charge in [0.05, 0.1) is 8.07 Å². The zero-order chi connectivity index (χ0) is 9.90. The Hall–Kier alpha value is -0.0931. The highest BCUT2D eigenvalue weighted by molar-refractivity contribution is 14.1. The molecule has 0 amide bonds. The van der Waals surface area contributed by atoms with Gasteiger partial charge in [0.1, 0.15) is 0 Å². The molecule has 0 spiro atoms. The van der Waals surface area contributed by atoms with Gasteiger partial charge < -0.3 is 0 Å². The minimum atomic E-state index is -1.10. The summed E-state index contributed by atoms with van der Waals surface area (Å²) in [5, 5.41) is 0. The van der Waals surface area contributed by atoms with Gasteiger partial charge in [0.2, 0.25) is 0 Å². The van der Waals surface area contributed by atoms with Crippen LogP contribution in [-0.2, 0) is 0 Å². The van der Waals surface area contributed by atoms with Crippen LogP contribution in [0.5, 0.6) is 0 Å². The zero-order valence-electron chi connectivity index (χ0n) is 8.34. The van der Waals surface area contributed by atoms with Gasteiger partial charge in [-0.3, -0.25) is 0 Å². The number of hydrogen-bond acceptors (Lipinski definition) is 0. The Bertz CT molecular complexity index is 296. The third kappa shape index (κ3) is 3.64. The monoisotopic (exact) mass is 302 g/mol. The van der Waals surface area contributed by atoms with E-state index in [2.05, 4.69) is 78.6 Å². The molecule has 0 aliphatic carbocycles. The van der Waals surface area contributed by atoms with Gasteiger partial charge in [-0.25, -0.2) is 0 Å². The van der Waals surface area contributed by atoms with Gasteiger partial charge in [-0.05, 0) is 14.8 Å². The number of hydrogen-bond donors (Lipinski definition) is 0. The molecule has 0 fully saturated rings. The third-order valence-electron chi connectivity index (χ3n) is 1.81. The summed E-state index contributed by atoms with van der Waals surface area (Å²) in [6.45, 7) is 7.11. The lowest BCUT2D eigenvalue weighted by Crippen LogP contribution is -2.19. The number of benzene rings is 1. The summed E-state index contributed by atoms with van der Waals surface area (Å²) in [4.78, 5) is 0. The second kappa shape index (κ2) is 4.42. The van der Waals surface area contributed by atoms with E-state index in [9.17, 15) is 0 Å². The van der Waals surface area contributed by atoms with E-state index >= 15 is 0 Å². The van der Waals surface area contributed by atoms with Crippen LogP contribution in [0.1, 0.15) is 5.56 Å². The van der Waals surface area contributed by atoms with E-state index in [0.29, 0.717) is 0 Å². The quantitative estimate of drug-likeness (QED) is 0.563. The van der Waals surface area contributed by atoms with Crippen molar-refractivity contribution in [3.05, 3.63) is 39.1 Å². The minimum absolute atomic E-state index is 1.10. The molecule has 0 bridgehead atoms. The molecule has 1 rings (SSSR count).